The maximum absolute atomic E-state index is 5.80. The van der Waals surface area contributed by atoms with Gasteiger partial charge in [-0.2, -0.15) is 4.98 Å². The predicted molar refractivity (Wildman–Crippen MR) is 95.7 cm³/mol. The van der Waals surface area contributed by atoms with Gasteiger partial charge in [-0.05, 0) is 24.3 Å². The first-order valence-corrected chi connectivity index (χ1v) is 8.39. The van der Waals surface area contributed by atoms with E-state index in [4.69, 9.17) is 14.2 Å². The first-order valence-electron chi connectivity index (χ1n) is 8.39. The molecule has 7 heteroatoms. The van der Waals surface area contributed by atoms with Gasteiger partial charge in [0.05, 0.1) is 14.2 Å². The van der Waals surface area contributed by atoms with Crippen molar-refractivity contribution in [3.63, 3.8) is 0 Å². The van der Waals surface area contributed by atoms with E-state index < -0.39 is 0 Å². The molecule has 0 spiro atoms. The van der Waals surface area contributed by atoms with Crippen LogP contribution in [0.25, 0.3) is 0 Å². The smallest absolute Gasteiger partial charge is 0.228 e. The summed E-state index contributed by atoms with van der Waals surface area (Å²) in [5, 5.41) is 0. The Morgan fingerprint density at radius 1 is 0.920 bits per heavy atom. The molecule has 0 bridgehead atoms. The third-order valence-electron chi connectivity index (χ3n) is 4.22. The van der Waals surface area contributed by atoms with Gasteiger partial charge >= 0.3 is 0 Å². The fourth-order valence-corrected chi connectivity index (χ4v) is 2.73. The molecule has 0 aliphatic carbocycles. The minimum Gasteiger partial charge on any atom is -0.497 e. The van der Waals surface area contributed by atoms with Gasteiger partial charge in [0.1, 0.15) is 18.1 Å². The van der Waals surface area contributed by atoms with E-state index in [1.807, 2.05) is 24.3 Å². The summed E-state index contributed by atoms with van der Waals surface area (Å²) in [6.07, 6.45) is 1.73. The Bertz CT molecular complexity index is 658. The number of anilines is 1. The number of aromatic nitrogens is 2. The number of ether oxygens (including phenoxy) is 3. The zero-order valence-corrected chi connectivity index (χ0v) is 14.7. The summed E-state index contributed by atoms with van der Waals surface area (Å²) in [4.78, 5) is 13.3. The number of methoxy groups -OCH3 is 2. The molecule has 134 valence electrons. The quantitative estimate of drug-likeness (QED) is 0.757. The van der Waals surface area contributed by atoms with Gasteiger partial charge in [-0.25, -0.2) is 4.98 Å². The minimum absolute atomic E-state index is 0.598. The van der Waals surface area contributed by atoms with Crippen molar-refractivity contribution in [1.29, 1.82) is 0 Å². The molecular weight excluding hydrogens is 320 g/mol. The second kappa shape index (κ2) is 8.53. The predicted octanol–water partition coefficient (Wildman–Crippen LogP) is 1.69. The van der Waals surface area contributed by atoms with E-state index in [0.29, 0.717) is 12.5 Å². The van der Waals surface area contributed by atoms with E-state index in [2.05, 4.69) is 19.8 Å². The van der Waals surface area contributed by atoms with Crippen molar-refractivity contribution < 1.29 is 14.2 Å². The van der Waals surface area contributed by atoms with E-state index in [9.17, 15) is 0 Å². The molecule has 0 radical (unpaired) electrons. The van der Waals surface area contributed by atoms with E-state index in [1.165, 1.54) is 0 Å². The molecule has 1 saturated heterocycles. The molecule has 1 aromatic heterocycles. The van der Waals surface area contributed by atoms with Crippen LogP contribution in [0.4, 0.5) is 5.95 Å². The van der Waals surface area contributed by atoms with Crippen molar-refractivity contribution in [3.05, 3.63) is 36.5 Å². The molecule has 2 heterocycles. The largest absolute Gasteiger partial charge is 0.497 e. The molecule has 2 aromatic rings. The SMILES string of the molecule is COc1ccc(OCCN2CCN(c3nccc(OC)n3)CC2)cc1. The molecule has 0 unspecified atom stereocenters. The number of hydrogen-bond acceptors (Lipinski definition) is 7. The minimum atomic E-state index is 0.598. The highest BCUT2D eigenvalue weighted by Gasteiger charge is 2.19. The Morgan fingerprint density at radius 2 is 1.64 bits per heavy atom. The molecule has 1 aromatic carbocycles. The highest BCUT2D eigenvalue weighted by Crippen LogP contribution is 2.17. The van der Waals surface area contributed by atoms with Crippen LogP contribution in [0.5, 0.6) is 17.4 Å². The van der Waals surface area contributed by atoms with Gasteiger partial charge in [0.15, 0.2) is 0 Å². The van der Waals surface area contributed by atoms with Gasteiger partial charge in [0.25, 0.3) is 0 Å². The van der Waals surface area contributed by atoms with Gasteiger partial charge in [-0.15, -0.1) is 0 Å². The third-order valence-corrected chi connectivity index (χ3v) is 4.22. The lowest BCUT2D eigenvalue weighted by Crippen LogP contribution is -2.48. The zero-order valence-electron chi connectivity index (χ0n) is 14.7. The highest BCUT2D eigenvalue weighted by molar-refractivity contribution is 5.33. The van der Waals surface area contributed by atoms with Crippen LogP contribution in [0.15, 0.2) is 36.5 Å². The van der Waals surface area contributed by atoms with E-state index >= 15 is 0 Å². The van der Waals surface area contributed by atoms with Crippen molar-refractivity contribution in [2.24, 2.45) is 0 Å². The Hall–Kier alpha value is -2.54. The summed E-state index contributed by atoms with van der Waals surface area (Å²) in [5.74, 6) is 3.03. The normalized spacial score (nSPS) is 15.0. The molecule has 0 saturated carbocycles. The third kappa shape index (κ3) is 4.73. The van der Waals surface area contributed by atoms with Crippen LogP contribution in [0.1, 0.15) is 0 Å². The zero-order chi connectivity index (χ0) is 17.5. The maximum atomic E-state index is 5.80. The van der Waals surface area contributed by atoms with Crippen LogP contribution >= 0.6 is 0 Å². The van der Waals surface area contributed by atoms with E-state index in [1.54, 1.807) is 26.5 Å². The molecule has 1 aliphatic heterocycles. The standard InChI is InChI=1S/C18H24N4O3/c1-23-15-3-5-16(6-4-15)25-14-13-21-9-11-22(12-10-21)18-19-8-7-17(20-18)24-2/h3-8H,9-14H2,1-2H3. The van der Waals surface area contributed by atoms with Crippen LogP contribution in [-0.4, -0.2) is 68.4 Å². The van der Waals surface area contributed by atoms with Crippen LogP contribution in [-0.2, 0) is 0 Å². The molecule has 7 nitrogen and oxygen atoms in total. The van der Waals surface area contributed by atoms with Crippen molar-refractivity contribution in [1.82, 2.24) is 14.9 Å². The average molecular weight is 344 g/mol. The van der Waals surface area contributed by atoms with Crippen LogP contribution in [0.3, 0.4) is 0 Å². The van der Waals surface area contributed by atoms with Crippen molar-refractivity contribution in [2.45, 2.75) is 0 Å². The average Bonchev–Trinajstić information content (AvgIpc) is 2.69. The molecule has 0 amide bonds. The molecule has 25 heavy (non-hydrogen) atoms. The summed E-state index contributed by atoms with van der Waals surface area (Å²) < 4.78 is 16.1. The Morgan fingerprint density at radius 3 is 2.32 bits per heavy atom. The number of benzene rings is 1. The first-order chi connectivity index (χ1) is 12.3. The van der Waals surface area contributed by atoms with Gasteiger partial charge in [0, 0.05) is 45.0 Å². The number of piperazine rings is 1. The van der Waals surface area contributed by atoms with Crippen molar-refractivity contribution in [3.8, 4) is 17.4 Å². The Kier molecular flexibility index (Phi) is 5.90. The Balaban J connectivity index is 1.41. The Labute approximate surface area is 148 Å². The number of nitrogens with zero attached hydrogens (tertiary/aromatic N) is 4. The number of rotatable bonds is 7. The summed E-state index contributed by atoms with van der Waals surface area (Å²) in [6, 6.07) is 9.43. The second-order valence-electron chi connectivity index (χ2n) is 5.75. The number of hydrogen-bond donors (Lipinski definition) is 0. The molecule has 3 rings (SSSR count). The monoisotopic (exact) mass is 344 g/mol. The lowest BCUT2D eigenvalue weighted by atomic mass is 10.3. The highest BCUT2D eigenvalue weighted by atomic mass is 16.5. The van der Waals surface area contributed by atoms with Gasteiger partial charge in [-0.3, -0.25) is 4.90 Å². The summed E-state index contributed by atoms with van der Waals surface area (Å²) >= 11 is 0. The first kappa shape index (κ1) is 17.3. The molecule has 1 aliphatic rings. The van der Waals surface area contributed by atoms with Crippen LogP contribution in [0.2, 0.25) is 0 Å². The summed E-state index contributed by atoms with van der Waals surface area (Å²) in [7, 11) is 3.28. The second-order valence-corrected chi connectivity index (χ2v) is 5.75. The van der Waals surface area contributed by atoms with Crippen molar-refractivity contribution >= 4 is 5.95 Å². The van der Waals surface area contributed by atoms with Crippen LogP contribution in [0, 0.1) is 0 Å². The lowest BCUT2D eigenvalue weighted by molar-refractivity contribution is 0.200. The lowest BCUT2D eigenvalue weighted by Gasteiger charge is -2.34. The summed E-state index contributed by atoms with van der Waals surface area (Å²) in [5.41, 5.74) is 0. The van der Waals surface area contributed by atoms with Gasteiger partial charge < -0.3 is 19.1 Å². The maximum Gasteiger partial charge on any atom is 0.228 e. The van der Waals surface area contributed by atoms with Crippen LogP contribution < -0.4 is 19.1 Å². The van der Waals surface area contributed by atoms with E-state index in [-0.39, 0.29) is 0 Å². The fraction of sp³-hybridized carbons (Fsp3) is 0.444. The molecule has 0 N–H and O–H groups in total. The molecule has 0 atom stereocenters. The fourth-order valence-electron chi connectivity index (χ4n) is 2.73. The molecular formula is C18H24N4O3. The topological polar surface area (TPSA) is 60.0 Å². The molecule has 1 fully saturated rings. The summed E-state index contributed by atoms with van der Waals surface area (Å²) in [6.45, 7) is 5.30. The van der Waals surface area contributed by atoms with E-state index in [0.717, 1.165) is 50.2 Å². The van der Waals surface area contributed by atoms with Gasteiger partial charge in [0.2, 0.25) is 11.8 Å². The van der Waals surface area contributed by atoms with Gasteiger partial charge in [-0.1, -0.05) is 0 Å². The van der Waals surface area contributed by atoms with Crippen molar-refractivity contribution in [2.75, 3.05) is 58.5 Å².